The largest absolute Gasteiger partial charge is 0.309 e. The van der Waals surface area contributed by atoms with Crippen LogP contribution < -0.4 is 5.32 Å². The second-order valence-electron chi connectivity index (χ2n) is 5.53. The molecule has 88 valence electrons. The van der Waals surface area contributed by atoms with Gasteiger partial charge in [-0.25, -0.2) is 0 Å². The summed E-state index contributed by atoms with van der Waals surface area (Å²) >= 11 is 0. The summed E-state index contributed by atoms with van der Waals surface area (Å²) in [6.07, 6.45) is 2.78. The van der Waals surface area contributed by atoms with Crippen LogP contribution in [0.25, 0.3) is 0 Å². The van der Waals surface area contributed by atoms with Gasteiger partial charge in [0.25, 0.3) is 0 Å². The van der Waals surface area contributed by atoms with Gasteiger partial charge in [-0.15, -0.1) is 0 Å². The predicted octanol–water partition coefficient (Wildman–Crippen LogP) is 3.69. The fourth-order valence-corrected chi connectivity index (χ4v) is 2.12. The minimum absolute atomic E-state index is 0.586. The van der Waals surface area contributed by atoms with Crippen molar-refractivity contribution in [2.75, 3.05) is 6.54 Å². The third-order valence-corrected chi connectivity index (χ3v) is 3.28. The minimum atomic E-state index is 0.586. The SMILES string of the molecule is Cc1ccc(C(NCC(C)C)C2CC2)cc1. The fraction of sp³-hybridized carbons (Fsp3) is 0.600. The van der Waals surface area contributed by atoms with Crippen LogP contribution in [0.2, 0.25) is 0 Å². The number of hydrogen-bond acceptors (Lipinski definition) is 1. The predicted molar refractivity (Wildman–Crippen MR) is 69.5 cm³/mol. The van der Waals surface area contributed by atoms with Gasteiger partial charge in [0.05, 0.1) is 0 Å². The smallest absolute Gasteiger partial charge is 0.0348 e. The Labute approximate surface area is 99.3 Å². The van der Waals surface area contributed by atoms with E-state index in [-0.39, 0.29) is 0 Å². The summed E-state index contributed by atoms with van der Waals surface area (Å²) in [6.45, 7) is 7.81. The molecule has 1 nitrogen and oxygen atoms in total. The lowest BCUT2D eigenvalue weighted by molar-refractivity contribution is 0.439. The number of aryl methyl sites for hydroxylation is 1. The van der Waals surface area contributed by atoms with Gasteiger partial charge < -0.3 is 5.32 Å². The maximum atomic E-state index is 3.72. The Bertz CT molecular complexity index is 322. The van der Waals surface area contributed by atoms with Gasteiger partial charge in [-0.1, -0.05) is 43.7 Å². The zero-order valence-corrected chi connectivity index (χ0v) is 10.7. The van der Waals surface area contributed by atoms with Crippen LogP contribution in [0.4, 0.5) is 0 Å². The lowest BCUT2D eigenvalue weighted by atomic mass is 10.0. The molecule has 1 aliphatic carbocycles. The first-order valence-electron chi connectivity index (χ1n) is 6.47. The summed E-state index contributed by atoms with van der Waals surface area (Å²) in [5.74, 6) is 1.60. The van der Waals surface area contributed by atoms with Crippen LogP contribution >= 0.6 is 0 Å². The molecule has 0 aromatic heterocycles. The molecule has 1 saturated carbocycles. The Morgan fingerprint density at radius 3 is 2.31 bits per heavy atom. The summed E-state index contributed by atoms with van der Waals surface area (Å²) < 4.78 is 0. The van der Waals surface area contributed by atoms with Crippen molar-refractivity contribution in [2.45, 2.75) is 39.7 Å². The molecular formula is C15H23N. The number of hydrogen-bond donors (Lipinski definition) is 1. The van der Waals surface area contributed by atoms with E-state index in [1.807, 2.05) is 0 Å². The second kappa shape index (κ2) is 5.01. The summed E-state index contributed by atoms with van der Waals surface area (Å²) in [7, 11) is 0. The Hall–Kier alpha value is -0.820. The van der Waals surface area contributed by atoms with E-state index in [1.165, 1.54) is 24.0 Å². The normalized spacial score (nSPS) is 17.8. The summed E-state index contributed by atoms with van der Waals surface area (Å²) in [6, 6.07) is 9.60. The molecule has 1 aromatic rings. The highest BCUT2D eigenvalue weighted by Crippen LogP contribution is 2.41. The lowest BCUT2D eigenvalue weighted by Crippen LogP contribution is -2.26. The molecule has 1 heteroatoms. The van der Waals surface area contributed by atoms with Crippen LogP contribution in [-0.4, -0.2) is 6.54 Å². The highest BCUT2D eigenvalue weighted by atomic mass is 14.9. The molecule has 16 heavy (non-hydrogen) atoms. The van der Waals surface area contributed by atoms with Crippen LogP contribution in [0.5, 0.6) is 0 Å². The summed E-state index contributed by atoms with van der Waals surface area (Å²) in [5.41, 5.74) is 2.82. The molecule has 0 aliphatic heterocycles. The lowest BCUT2D eigenvalue weighted by Gasteiger charge is -2.20. The second-order valence-corrected chi connectivity index (χ2v) is 5.53. The van der Waals surface area contributed by atoms with Gasteiger partial charge in [0.15, 0.2) is 0 Å². The minimum Gasteiger partial charge on any atom is -0.309 e. The van der Waals surface area contributed by atoms with Crippen molar-refractivity contribution >= 4 is 0 Å². The van der Waals surface area contributed by atoms with Crippen LogP contribution in [0.3, 0.4) is 0 Å². The molecule has 0 spiro atoms. The van der Waals surface area contributed by atoms with Gasteiger partial charge in [0.1, 0.15) is 0 Å². The molecule has 1 N–H and O–H groups in total. The molecule has 0 bridgehead atoms. The van der Waals surface area contributed by atoms with Crippen LogP contribution in [0.1, 0.15) is 43.9 Å². The standard InChI is InChI=1S/C15H23N/c1-11(2)10-16-15(14-8-9-14)13-6-4-12(3)5-7-13/h4-7,11,14-16H,8-10H2,1-3H3. The van der Waals surface area contributed by atoms with Crippen molar-refractivity contribution in [3.05, 3.63) is 35.4 Å². The van der Waals surface area contributed by atoms with E-state index in [1.54, 1.807) is 0 Å². The monoisotopic (exact) mass is 217 g/mol. The zero-order valence-electron chi connectivity index (χ0n) is 10.7. The van der Waals surface area contributed by atoms with E-state index < -0.39 is 0 Å². The van der Waals surface area contributed by atoms with Gasteiger partial charge in [-0.3, -0.25) is 0 Å². The van der Waals surface area contributed by atoms with Gasteiger partial charge in [-0.2, -0.15) is 0 Å². The van der Waals surface area contributed by atoms with E-state index in [4.69, 9.17) is 0 Å². The number of rotatable bonds is 5. The van der Waals surface area contributed by atoms with Gasteiger partial charge in [0.2, 0.25) is 0 Å². The average molecular weight is 217 g/mol. The molecule has 1 aliphatic rings. The first-order valence-corrected chi connectivity index (χ1v) is 6.47. The molecule has 2 rings (SSSR count). The fourth-order valence-electron chi connectivity index (χ4n) is 2.12. The molecular weight excluding hydrogens is 194 g/mol. The van der Waals surface area contributed by atoms with Crippen LogP contribution in [0.15, 0.2) is 24.3 Å². The molecule has 0 heterocycles. The Morgan fingerprint density at radius 2 is 1.81 bits per heavy atom. The first kappa shape index (κ1) is 11.7. The van der Waals surface area contributed by atoms with Crippen molar-refractivity contribution in [3.63, 3.8) is 0 Å². The van der Waals surface area contributed by atoms with E-state index >= 15 is 0 Å². The molecule has 0 saturated heterocycles. The summed E-state index contributed by atoms with van der Waals surface area (Å²) in [5, 5.41) is 3.72. The van der Waals surface area contributed by atoms with Crippen molar-refractivity contribution in [2.24, 2.45) is 11.8 Å². The quantitative estimate of drug-likeness (QED) is 0.793. The Balaban J connectivity index is 2.03. The van der Waals surface area contributed by atoms with E-state index in [9.17, 15) is 0 Å². The number of benzene rings is 1. The molecule has 0 radical (unpaired) electrons. The average Bonchev–Trinajstić information content (AvgIpc) is 3.04. The summed E-state index contributed by atoms with van der Waals surface area (Å²) in [4.78, 5) is 0. The molecule has 1 unspecified atom stereocenters. The van der Waals surface area contributed by atoms with E-state index in [0.29, 0.717) is 6.04 Å². The zero-order chi connectivity index (χ0) is 11.5. The Morgan fingerprint density at radius 1 is 1.19 bits per heavy atom. The number of nitrogens with one attached hydrogen (secondary N) is 1. The Kier molecular flexibility index (Phi) is 3.65. The van der Waals surface area contributed by atoms with Crippen molar-refractivity contribution < 1.29 is 0 Å². The molecule has 1 fully saturated rings. The third-order valence-electron chi connectivity index (χ3n) is 3.28. The van der Waals surface area contributed by atoms with Crippen LogP contribution in [-0.2, 0) is 0 Å². The molecule has 1 atom stereocenters. The molecule has 0 amide bonds. The topological polar surface area (TPSA) is 12.0 Å². The van der Waals surface area contributed by atoms with E-state index in [2.05, 4.69) is 50.4 Å². The highest BCUT2D eigenvalue weighted by Gasteiger charge is 2.31. The third kappa shape index (κ3) is 3.08. The van der Waals surface area contributed by atoms with E-state index in [0.717, 1.165) is 18.4 Å². The maximum Gasteiger partial charge on any atom is 0.0348 e. The first-order chi connectivity index (χ1) is 7.66. The highest BCUT2D eigenvalue weighted by molar-refractivity contribution is 5.25. The van der Waals surface area contributed by atoms with Gasteiger partial charge in [-0.05, 0) is 43.7 Å². The molecule has 1 aromatic carbocycles. The van der Waals surface area contributed by atoms with Crippen molar-refractivity contribution in [3.8, 4) is 0 Å². The van der Waals surface area contributed by atoms with Crippen molar-refractivity contribution in [1.29, 1.82) is 0 Å². The van der Waals surface area contributed by atoms with Gasteiger partial charge >= 0.3 is 0 Å². The van der Waals surface area contributed by atoms with Crippen LogP contribution in [0, 0.1) is 18.8 Å². The van der Waals surface area contributed by atoms with Crippen molar-refractivity contribution in [1.82, 2.24) is 5.32 Å². The van der Waals surface area contributed by atoms with Gasteiger partial charge in [0, 0.05) is 6.04 Å². The maximum absolute atomic E-state index is 3.72.